The van der Waals surface area contributed by atoms with Crippen LogP contribution in [0.2, 0.25) is 0 Å². The molecule has 2 rings (SSSR count). The fourth-order valence-electron chi connectivity index (χ4n) is 1.49. The quantitative estimate of drug-likeness (QED) is 0.633. The lowest BCUT2D eigenvalue weighted by atomic mass is 10.3. The zero-order valence-corrected chi connectivity index (χ0v) is 8.09. The van der Waals surface area contributed by atoms with Crippen LogP contribution in [0, 0.1) is 0 Å². The third-order valence-corrected chi connectivity index (χ3v) is 2.28. The molecule has 2 heterocycles. The Labute approximate surface area is 85.9 Å². The van der Waals surface area contributed by atoms with Crippen LogP contribution in [-0.4, -0.2) is 45.2 Å². The molecule has 1 amide bonds. The Morgan fingerprint density at radius 3 is 3.07 bits per heavy atom. The number of nitrogens with two attached hydrogens (primary N) is 1. The van der Waals surface area contributed by atoms with E-state index in [9.17, 15) is 9.90 Å². The molecular weight excluding hydrogens is 200 g/mol. The van der Waals surface area contributed by atoms with Gasteiger partial charge >= 0.3 is 11.8 Å². The molecule has 7 heteroatoms. The van der Waals surface area contributed by atoms with Crippen molar-refractivity contribution in [1.29, 1.82) is 0 Å². The van der Waals surface area contributed by atoms with E-state index in [0.29, 0.717) is 25.3 Å². The fourth-order valence-corrected chi connectivity index (χ4v) is 1.49. The molecule has 0 bridgehead atoms. The molecule has 1 aliphatic rings. The molecule has 0 radical (unpaired) electrons. The lowest BCUT2D eigenvalue weighted by Gasteiger charge is -2.11. The Balaban J connectivity index is 2.07. The number of amides is 1. The number of aromatic nitrogens is 2. The number of hydrogen-bond donors (Lipinski definition) is 2. The summed E-state index contributed by atoms with van der Waals surface area (Å²) in [7, 11) is 0. The second-order valence-corrected chi connectivity index (χ2v) is 3.41. The van der Waals surface area contributed by atoms with Crippen LogP contribution < -0.4 is 5.73 Å². The summed E-state index contributed by atoms with van der Waals surface area (Å²) in [4.78, 5) is 17.0. The zero-order valence-electron chi connectivity index (χ0n) is 8.09. The molecular formula is C8H12N4O3. The average molecular weight is 212 g/mol. The van der Waals surface area contributed by atoms with Crippen molar-refractivity contribution in [2.75, 3.05) is 13.1 Å². The van der Waals surface area contributed by atoms with Crippen molar-refractivity contribution in [2.24, 2.45) is 5.73 Å². The molecule has 1 unspecified atom stereocenters. The van der Waals surface area contributed by atoms with E-state index < -0.39 is 6.10 Å². The SMILES string of the molecule is NCc1noc(C(=O)N2CCC(O)C2)n1. The third kappa shape index (κ3) is 1.97. The van der Waals surface area contributed by atoms with E-state index >= 15 is 0 Å². The monoisotopic (exact) mass is 212 g/mol. The maximum absolute atomic E-state index is 11.7. The lowest BCUT2D eigenvalue weighted by molar-refractivity contribution is 0.0716. The van der Waals surface area contributed by atoms with E-state index in [1.54, 1.807) is 0 Å². The first kappa shape index (κ1) is 10.1. The minimum absolute atomic E-state index is 0.0652. The van der Waals surface area contributed by atoms with E-state index in [4.69, 9.17) is 10.3 Å². The first-order valence-corrected chi connectivity index (χ1v) is 4.70. The molecule has 3 N–H and O–H groups in total. The third-order valence-electron chi connectivity index (χ3n) is 2.28. The molecule has 1 aliphatic heterocycles. The Bertz CT molecular complexity index is 365. The molecule has 1 fully saturated rings. The highest BCUT2D eigenvalue weighted by molar-refractivity contribution is 5.89. The molecule has 1 aromatic rings. The fraction of sp³-hybridized carbons (Fsp3) is 0.625. The molecule has 1 saturated heterocycles. The Morgan fingerprint density at radius 1 is 1.73 bits per heavy atom. The number of aliphatic hydroxyl groups is 1. The highest BCUT2D eigenvalue weighted by Crippen LogP contribution is 2.12. The molecule has 0 aliphatic carbocycles. The summed E-state index contributed by atoms with van der Waals surface area (Å²) >= 11 is 0. The number of β-amino-alcohol motifs (C(OH)–C–C–N with tert-alkyl or cyclic N) is 1. The largest absolute Gasteiger partial charge is 0.391 e. The van der Waals surface area contributed by atoms with Crippen LogP contribution in [0.5, 0.6) is 0 Å². The zero-order chi connectivity index (χ0) is 10.8. The van der Waals surface area contributed by atoms with Crippen molar-refractivity contribution < 1.29 is 14.4 Å². The van der Waals surface area contributed by atoms with Gasteiger partial charge in [0, 0.05) is 13.1 Å². The van der Waals surface area contributed by atoms with Crippen LogP contribution in [-0.2, 0) is 6.54 Å². The predicted molar refractivity (Wildman–Crippen MR) is 48.7 cm³/mol. The van der Waals surface area contributed by atoms with Gasteiger partial charge < -0.3 is 20.3 Å². The van der Waals surface area contributed by atoms with E-state index in [0.717, 1.165) is 0 Å². The molecule has 0 aromatic carbocycles. The van der Waals surface area contributed by atoms with Gasteiger partial charge in [-0.3, -0.25) is 4.79 Å². The lowest BCUT2D eigenvalue weighted by Crippen LogP contribution is -2.29. The average Bonchev–Trinajstić information content (AvgIpc) is 2.84. The standard InChI is InChI=1S/C8H12N4O3/c9-3-6-10-7(15-11-6)8(14)12-2-1-5(13)4-12/h5,13H,1-4,9H2. The maximum Gasteiger partial charge on any atom is 0.316 e. The first-order chi connectivity index (χ1) is 7.20. The Hall–Kier alpha value is -1.47. The summed E-state index contributed by atoms with van der Waals surface area (Å²) in [5.74, 6) is -0.110. The smallest absolute Gasteiger partial charge is 0.316 e. The van der Waals surface area contributed by atoms with Crippen LogP contribution in [0.4, 0.5) is 0 Å². The van der Waals surface area contributed by atoms with Crippen molar-refractivity contribution >= 4 is 5.91 Å². The summed E-state index contributed by atoms with van der Waals surface area (Å²) < 4.78 is 4.75. The number of likely N-dealkylation sites (tertiary alicyclic amines) is 1. The molecule has 1 atom stereocenters. The van der Waals surface area contributed by atoms with Gasteiger partial charge in [-0.25, -0.2) is 0 Å². The summed E-state index contributed by atoms with van der Waals surface area (Å²) in [6, 6.07) is 0. The number of nitrogens with zero attached hydrogens (tertiary/aromatic N) is 3. The van der Waals surface area contributed by atoms with E-state index in [-0.39, 0.29) is 18.3 Å². The van der Waals surface area contributed by atoms with E-state index in [1.807, 2.05) is 0 Å². The van der Waals surface area contributed by atoms with Gasteiger partial charge in [-0.05, 0) is 6.42 Å². The number of rotatable bonds is 2. The minimum atomic E-state index is -0.453. The van der Waals surface area contributed by atoms with Gasteiger partial charge in [-0.15, -0.1) is 0 Å². The molecule has 0 spiro atoms. The van der Waals surface area contributed by atoms with Gasteiger partial charge in [0.25, 0.3) is 0 Å². The van der Waals surface area contributed by atoms with Crippen LogP contribution in [0.3, 0.4) is 0 Å². The van der Waals surface area contributed by atoms with Crippen molar-refractivity contribution in [3.63, 3.8) is 0 Å². The number of aliphatic hydroxyl groups excluding tert-OH is 1. The molecule has 7 nitrogen and oxygen atoms in total. The normalized spacial score (nSPS) is 20.9. The van der Waals surface area contributed by atoms with Crippen molar-refractivity contribution in [1.82, 2.24) is 15.0 Å². The number of hydrogen-bond acceptors (Lipinski definition) is 6. The van der Waals surface area contributed by atoms with Gasteiger partial charge in [0.2, 0.25) is 0 Å². The summed E-state index contributed by atoms with van der Waals surface area (Å²) in [5, 5.41) is 12.8. The molecule has 1 aromatic heterocycles. The second-order valence-electron chi connectivity index (χ2n) is 3.41. The predicted octanol–water partition coefficient (Wildman–Crippen LogP) is -1.26. The van der Waals surface area contributed by atoms with E-state index in [1.165, 1.54) is 4.90 Å². The number of carbonyl (C=O) groups is 1. The van der Waals surface area contributed by atoms with E-state index in [2.05, 4.69) is 10.1 Å². The molecule has 15 heavy (non-hydrogen) atoms. The summed E-state index contributed by atoms with van der Waals surface area (Å²) in [6.45, 7) is 0.971. The van der Waals surface area contributed by atoms with Gasteiger partial charge in [0.05, 0.1) is 12.6 Å². The van der Waals surface area contributed by atoms with Gasteiger partial charge in [0.1, 0.15) is 0 Å². The summed E-state index contributed by atoms with van der Waals surface area (Å²) in [6.07, 6.45) is 0.134. The molecule has 0 saturated carbocycles. The van der Waals surface area contributed by atoms with Crippen LogP contribution in [0.25, 0.3) is 0 Å². The second kappa shape index (κ2) is 3.95. The minimum Gasteiger partial charge on any atom is -0.391 e. The first-order valence-electron chi connectivity index (χ1n) is 4.70. The number of carbonyl (C=O) groups excluding carboxylic acids is 1. The highest BCUT2D eigenvalue weighted by Gasteiger charge is 2.28. The Kier molecular flexibility index (Phi) is 2.65. The van der Waals surface area contributed by atoms with Crippen molar-refractivity contribution in [3.05, 3.63) is 11.7 Å². The van der Waals surface area contributed by atoms with Crippen LogP contribution >= 0.6 is 0 Å². The van der Waals surface area contributed by atoms with Gasteiger partial charge in [-0.1, -0.05) is 5.16 Å². The van der Waals surface area contributed by atoms with Crippen LogP contribution in [0.15, 0.2) is 4.52 Å². The molecule has 82 valence electrons. The van der Waals surface area contributed by atoms with Crippen LogP contribution in [0.1, 0.15) is 22.9 Å². The Morgan fingerprint density at radius 2 is 2.53 bits per heavy atom. The topological polar surface area (TPSA) is 105 Å². The highest BCUT2D eigenvalue weighted by atomic mass is 16.5. The van der Waals surface area contributed by atoms with Crippen molar-refractivity contribution in [3.8, 4) is 0 Å². The summed E-state index contributed by atoms with van der Waals surface area (Å²) in [5.41, 5.74) is 5.29. The van der Waals surface area contributed by atoms with Gasteiger partial charge in [-0.2, -0.15) is 4.98 Å². The van der Waals surface area contributed by atoms with Gasteiger partial charge in [0.15, 0.2) is 5.82 Å². The maximum atomic E-state index is 11.7. The van der Waals surface area contributed by atoms with Crippen molar-refractivity contribution in [2.45, 2.75) is 19.1 Å².